The molecule has 2 rings (SSSR count). The molecule has 0 aliphatic carbocycles. The summed E-state index contributed by atoms with van der Waals surface area (Å²) in [5, 5.41) is 23.2. The van der Waals surface area contributed by atoms with Gasteiger partial charge in [0.15, 0.2) is 0 Å². The molecular formula is C13H9ClN2O4. The van der Waals surface area contributed by atoms with Gasteiger partial charge >= 0.3 is 5.69 Å². The van der Waals surface area contributed by atoms with E-state index in [9.17, 15) is 20.0 Å². The number of hydrogen-bond donors (Lipinski definition) is 2. The molecule has 6 nitrogen and oxygen atoms in total. The van der Waals surface area contributed by atoms with Crippen molar-refractivity contribution in [2.24, 2.45) is 0 Å². The van der Waals surface area contributed by atoms with Crippen LogP contribution in [0.5, 0.6) is 5.75 Å². The maximum atomic E-state index is 12.0. The lowest BCUT2D eigenvalue weighted by Crippen LogP contribution is -2.12. The normalized spacial score (nSPS) is 10.1. The Morgan fingerprint density at radius 3 is 2.55 bits per heavy atom. The summed E-state index contributed by atoms with van der Waals surface area (Å²) in [4.78, 5) is 21.9. The molecular weight excluding hydrogens is 284 g/mol. The number of aromatic hydroxyl groups is 1. The predicted molar refractivity (Wildman–Crippen MR) is 74.2 cm³/mol. The van der Waals surface area contributed by atoms with Gasteiger partial charge in [-0.05, 0) is 18.2 Å². The highest BCUT2D eigenvalue weighted by Crippen LogP contribution is 2.30. The Hall–Kier alpha value is -2.60. The van der Waals surface area contributed by atoms with Gasteiger partial charge in [-0.15, -0.1) is 0 Å². The van der Waals surface area contributed by atoms with E-state index in [1.807, 2.05) is 0 Å². The lowest BCUT2D eigenvalue weighted by molar-refractivity contribution is -0.385. The first-order chi connectivity index (χ1) is 9.50. The zero-order valence-electron chi connectivity index (χ0n) is 10.0. The van der Waals surface area contributed by atoms with Gasteiger partial charge in [0, 0.05) is 6.07 Å². The number of carbonyl (C=O) groups is 1. The van der Waals surface area contributed by atoms with Crippen LogP contribution in [0.25, 0.3) is 0 Å². The third kappa shape index (κ3) is 2.70. The Labute approximate surface area is 118 Å². The lowest BCUT2D eigenvalue weighted by atomic mass is 10.1. The van der Waals surface area contributed by atoms with Crippen molar-refractivity contribution in [3.8, 4) is 5.75 Å². The number of halogens is 1. The molecule has 0 saturated heterocycles. The van der Waals surface area contributed by atoms with Crippen LogP contribution in [0.2, 0.25) is 5.02 Å². The van der Waals surface area contributed by atoms with Crippen LogP contribution in [-0.2, 0) is 0 Å². The number of rotatable bonds is 3. The van der Waals surface area contributed by atoms with Crippen molar-refractivity contribution in [2.45, 2.75) is 0 Å². The summed E-state index contributed by atoms with van der Waals surface area (Å²) in [5.74, 6) is -1.36. The summed E-state index contributed by atoms with van der Waals surface area (Å²) in [6.07, 6.45) is 0. The zero-order chi connectivity index (χ0) is 14.7. The second kappa shape index (κ2) is 5.58. The first-order valence-corrected chi connectivity index (χ1v) is 5.90. The molecule has 0 spiro atoms. The Morgan fingerprint density at radius 1 is 1.20 bits per heavy atom. The smallest absolute Gasteiger partial charge is 0.311 e. The molecule has 0 unspecified atom stereocenters. The molecule has 0 radical (unpaired) electrons. The number of phenols is 1. The topological polar surface area (TPSA) is 92.5 Å². The molecule has 1 amide bonds. The third-order valence-corrected chi connectivity index (χ3v) is 2.91. The van der Waals surface area contributed by atoms with E-state index in [-0.39, 0.29) is 5.56 Å². The van der Waals surface area contributed by atoms with Gasteiger partial charge in [0.05, 0.1) is 21.2 Å². The van der Waals surface area contributed by atoms with Crippen molar-refractivity contribution < 1.29 is 14.8 Å². The second-order valence-electron chi connectivity index (χ2n) is 3.86. The van der Waals surface area contributed by atoms with Crippen molar-refractivity contribution in [3.05, 3.63) is 63.2 Å². The molecule has 0 bridgehead atoms. The first-order valence-electron chi connectivity index (χ1n) is 5.53. The van der Waals surface area contributed by atoms with E-state index in [2.05, 4.69) is 5.32 Å². The fourth-order valence-electron chi connectivity index (χ4n) is 1.61. The molecule has 2 aromatic carbocycles. The van der Waals surface area contributed by atoms with Gasteiger partial charge in [0.2, 0.25) is 5.75 Å². The number of phenolic OH excluding ortho intramolecular Hbond substituents is 1. The van der Waals surface area contributed by atoms with Gasteiger partial charge in [0.1, 0.15) is 0 Å². The van der Waals surface area contributed by atoms with E-state index in [1.165, 1.54) is 12.1 Å². The summed E-state index contributed by atoms with van der Waals surface area (Å²) in [6.45, 7) is 0. The van der Waals surface area contributed by atoms with Gasteiger partial charge in [0.25, 0.3) is 5.91 Å². The highest BCUT2D eigenvalue weighted by atomic mass is 35.5. The van der Waals surface area contributed by atoms with E-state index >= 15 is 0 Å². The number of nitro groups is 1. The minimum atomic E-state index is -0.762. The van der Waals surface area contributed by atoms with Crippen LogP contribution in [0, 0.1) is 10.1 Å². The minimum Gasteiger partial charge on any atom is -0.502 e. The fraction of sp³-hybridized carbons (Fsp3) is 0. The van der Waals surface area contributed by atoms with Crippen LogP contribution < -0.4 is 5.32 Å². The van der Waals surface area contributed by atoms with Gasteiger partial charge in [-0.3, -0.25) is 14.9 Å². The second-order valence-corrected chi connectivity index (χ2v) is 4.27. The molecule has 102 valence electrons. The van der Waals surface area contributed by atoms with Crippen LogP contribution in [0.1, 0.15) is 10.4 Å². The third-order valence-electron chi connectivity index (χ3n) is 2.58. The van der Waals surface area contributed by atoms with Gasteiger partial charge < -0.3 is 10.4 Å². The van der Waals surface area contributed by atoms with E-state index < -0.39 is 22.3 Å². The Bertz CT molecular complexity index is 688. The van der Waals surface area contributed by atoms with E-state index in [0.29, 0.717) is 10.7 Å². The van der Waals surface area contributed by atoms with Crippen molar-refractivity contribution in [1.82, 2.24) is 0 Å². The first kappa shape index (κ1) is 13.8. The van der Waals surface area contributed by atoms with E-state index in [1.54, 1.807) is 24.3 Å². The number of nitrogens with zero attached hydrogens (tertiary/aromatic N) is 1. The number of anilines is 1. The van der Waals surface area contributed by atoms with Crippen molar-refractivity contribution in [2.75, 3.05) is 5.32 Å². The average molecular weight is 293 g/mol. The van der Waals surface area contributed by atoms with E-state index in [0.717, 1.165) is 6.07 Å². The number of carbonyl (C=O) groups excluding carboxylic acids is 1. The number of nitrogens with one attached hydrogen (secondary N) is 1. The quantitative estimate of drug-likeness (QED) is 0.671. The minimum absolute atomic E-state index is 0.195. The molecule has 0 atom stereocenters. The van der Waals surface area contributed by atoms with E-state index in [4.69, 9.17) is 11.6 Å². The molecule has 2 aromatic rings. The largest absolute Gasteiger partial charge is 0.502 e. The summed E-state index contributed by atoms with van der Waals surface area (Å²) < 4.78 is 0. The van der Waals surface area contributed by atoms with Crippen LogP contribution in [0.15, 0.2) is 42.5 Å². The SMILES string of the molecule is O=C(Nc1ccccc1Cl)c1cccc([N+](=O)[O-])c1O. The number of amides is 1. The van der Waals surface area contributed by atoms with Gasteiger partial charge in [-0.1, -0.05) is 29.8 Å². The lowest BCUT2D eigenvalue weighted by Gasteiger charge is -2.08. The van der Waals surface area contributed by atoms with Crippen LogP contribution in [-0.4, -0.2) is 15.9 Å². The molecule has 0 fully saturated rings. The number of hydrogen-bond acceptors (Lipinski definition) is 4. The predicted octanol–water partition coefficient (Wildman–Crippen LogP) is 3.21. The maximum absolute atomic E-state index is 12.0. The Balaban J connectivity index is 2.33. The maximum Gasteiger partial charge on any atom is 0.311 e. The molecule has 0 saturated carbocycles. The standard InChI is InChI=1S/C13H9ClN2O4/c14-9-5-1-2-6-10(9)15-13(18)8-4-3-7-11(12(8)17)16(19)20/h1-7,17H,(H,15,18). The molecule has 0 aromatic heterocycles. The molecule has 0 aliphatic heterocycles. The van der Waals surface area contributed by atoms with Crippen LogP contribution in [0.4, 0.5) is 11.4 Å². The summed E-state index contributed by atoms with van der Waals surface area (Å²) in [6, 6.07) is 10.3. The number of nitro benzene ring substituents is 1. The Kier molecular flexibility index (Phi) is 3.86. The molecule has 0 aliphatic rings. The van der Waals surface area contributed by atoms with Crippen molar-refractivity contribution in [1.29, 1.82) is 0 Å². The van der Waals surface area contributed by atoms with Gasteiger partial charge in [-0.25, -0.2) is 0 Å². The summed E-state index contributed by atoms with van der Waals surface area (Å²) in [7, 11) is 0. The summed E-state index contributed by atoms with van der Waals surface area (Å²) >= 11 is 5.89. The van der Waals surface area contributed by atoms with Crippen LogP contribution in [0.3, 0.4) is 0 Å². The zero-order valence-corrected chi connectivity index (χ0v) is 10.8. The highest BCUT2D eigenvalue weighted by molar-refractivity contribution is 6.33. The Morgan fingerprint density at radius 2 is 1.90 bits per heavy atom. The molecule has 2 N–H and O–H groups in total. The number of para-hydroxylation sites is 2. The van der Waals surface area contributed by atoms with Crippen molar-refractivity contribution >= 4 is 28.9 Å². The summed E-state index contributed by atoms with van der Waals surface area (Å²) in [5.41, 5.74) is -0.374. The monoisotopic (exact) mass is 292 g/mol. The molecule has 7 heteroatoms. The molecule has 0 heterocycles. The van der Waals surface area contributed by atoms with Gasteiger partial charge in [-0.2, -0.15) is 0 Å². The molecule has 20 heavy (non-hydrogen) atoms. The fourth-order valence-corrected chi connectivity index (χ4v) is 1.80. The van der Waals surface area contributed by atoms with Crippen molar-refractivity contribution in [3.63, 3.8) is 0 Å². The number of benzene rings is 2. The van der Waals surface area contributed by atoms with Crippen LogP contribution >= 0.6 is 11.6 Å². The average Bonchev–Trinajstić information content (AvgIpc) is 2.41. The highest BCUT2D eigenvalue weighted by Gasteiger charge is 2.21.